The van der Waals surface area contributed by atoms with Crippen LogP contribution < -0.4 is 4.74 Å². The SMILES string of the molecule is CC(C)(C)c1ccc2c(c1)[C@H]1O[C@@H](CCc3ccc(F)cc3)[C@@H](C(=O)O)C[C@@H]1C(C)(C)O2. The van der Waals surface area contributed by atoms with Gasteiger partial charge in [-0.2, -0.15) is 0 Å². The Labute approximate surface area is 189 Å². The number of aryl methyl sites for hydroxylation is 1. The lowest BCUT2D eigenvalue weighted by molar-refractivity contribution is -0.188. The minimum Gasteiger partial charge on any atom is -0.487 e. The zero-order chi connectivity index (χ0) is 23.3. The second kappa shape index (κ2) is 8.18. The molecule has 0 aromatic heterocycles. The van der Waals surface area contributed by atoms with Gasteiger partial charge in [0.1, 0.15) is 17.2 Å². The van der Waals surface area contributed by atoms with Crippen molar-refractivity contribution in [2.45, 2.75) is 77.1 Å². The van der Waals surface area contributed by atoms with E-state index in [0.29, 0.717) is 19.3 Å². The summed E-state index contributed by atoms with van der Waals surface area (Å²) in [5.41, 5.74) is 2.64. The second-order valence-corrected chi connectivity index (χ2v) is 10.8. The summed E-state index contributed by atoms with van der Waals surface area (Å²) in [5.74, 6) is -0.960. The van der Waals surface area contributed by atoms with Crippen molar-refractivity contribution in [2.24, 2.45) is 11.8 Å². The molecule has 1 N–H and O–H groups in total. The van der Waals surface area contributed by atoms with Gasteiger partial charge < -0.3 is 14.6 Å². The fourth-order valence-electron chi connectivity index (χ4n) is 5.04. The van der Waals surface area contributed by atoms with Gasteiger partial charge in [0.2, 0.25) is 0 Å². The molecule has 172 valence electrons. The topological polar surface area (TPSA) is 55.8 Å². The highest BCUT2D eigenvalue weighted by atomic mass is 19.1. The van der Waals surface area contributed by atoms with E-state index in [1.165, 1.54) is 17.7 Å². The van der Waals surface area contributed by atoms with E-state index in [0.717, 1.165) is 16.9 Å². The maximum Gasteiger partial charge on any atom is 0.309 e. The van der Waals surface area contributed by atoms with Crippen molar-refractivity contribution >= 4 is 5.97 Å². The fourth-order valence-corrected chi connectivity index (χ4v) is 5.04. The highest BCUT2D eigenvalue weighted by Gasteiger charge is 2.52. The number of halogens is 1. The number of carbonyl (C=O) groups is 1. The summed E-state index contributed by atoms with van der Waals surface area (Å²) in [6.07, 6.45) is 1.08. The summed E-state index contributed by atoms with van der Waals surface area (Å²) in [6.45, 7) is 10.6. The Kier molecular flexibility index (Phi) is 5.83. The van der Waals surface area contributed by atoms with Crippen LogP contribution in [-0.2, 0) is 21.4 Å². The van der Waals surface area contributed by atoms with E-state index in [1.807, 2.05) is 19.9 Å². The molecule has 0 spiro atoms. The van der Waals surface area contributed by atoms with Gasteiger partial charge in [0, 0.05) is 11.5 Å². The van der Waals surface area contributed by atoms with E-state index in [4.69, 9.17) is 9.47 Å². The maximum atomic E-state index is 13.3. The molecule has 2 aliphatic heterocycles. The first kappa shape index (κ1) is 22.8. The summed E-state index contributed by atoms with van der Waals surface area (Å²) in [5, 5.41) is 9.98. The lowest BCUT2D eigenvalue weighted by Crippen LogP contribution is -2.52. The van der Waals surface area contributed by atoms with E-state index >= 15 is 0 Å². The Morgan fingerprint density at radius 3 is 2.47 bits per heavy atom. The molecule has 32 heavy (non-hydrogen) atoms. The number of benzene rings is 2. The summed E-state index contributed by atoms with van der Waals surface area (Å²) < 4.78 is 26.2. The maximum absolute atomic E-state index is 13.3. The van der Waals surface area contributed by atoms with Gasteiger partial charge in [0.05, 0.1) is 18.1 Å². The van der Waals surface area contributed by atoms with Crippen LogP contribution >= 0.6 is 0 Å². The van der Waals surface area contributed by atoms with E-state index in [1.54, 1.807) is 12.1 Å². The molecule has 2 aromatic carbocycles. The number of fused-ring (bicyclic) bond motifs is 3. The first-order valence-electron chi connectivity index (χ1n) is 11.4. The van der Waals surface area contributed by atoms with E-state index in [-0.39, 0.29) is 23.3 Å². The lowest BCUT2D eigenvalue weighted by Gasteiger charge is -2.50. The van der Waals surface area contributed by atoms with Crippen LogP contribution in [0.3, 0.4) is 0 Å². The molecule has 0 saturated carbocycles. The predicted molar refractivity (Wildman–Crippen MR) is 121 cm³/mol. The zero-order valence-corrected chi connectivity index (χ0v) is 19.5. The normalized spacial score (nSPS) is 26.6. The van der Waals surface area contributed by atoms with Crippen LogP contribution in [0.25, 0.3) is 0 Å². The number of carboxylic acid groups (broad SMARTS) is 1. The molecule has 1 fully saturated rings. The quantitative estimate of drug-likeness (QED) is 0.627. The van der Waals surface area contributed by atoms with Crippen molar-refractivity contribution < 1.29 is 23.8 Å². The molecule has 4 atom stereocenters. The van der Waals surface area contributed by atoms with Gasteiger partial charge >= 0.3 is 5.97 Å². The number of hydrogen-bond donors (Lipinski definition) is 1. The molecule has 0 aliphatic carbocycles. The van der Waals surface area contributed by atoms with Crippen molar-refractivity contribution in [1.29, 1.82) is 0 Å². The van der Waals surface area contributed by atoms with E-state index in [2.05, 4.69) is 32.9 Å². The Bertz CT molecular complexity index is 990. The van der Waals surface area contributed by atoms with Crippen molar-refractivity contribution in [3.05, 3.63) is 65.0 Å². The minimum atomic E-state index is -0.836. The average Bonchev–Trinajstić information content (AvgIpc) is 2.71. The van der Waals surface area contributed by atoms with Crippen LogP contribution in [0, 0.1) is 17.7 Å². The van der Waals surface area contributed by atoms with Crippen molar-refractivity contribution in [3.8, 4) is 5.75 Å². The van der Waals surface area contributed by atoms with Crippen LogP contribution in [-0.4, -0.2) is 22.8 Å². The molecule has 2 heterocycles. The molecule has 2 aromatic rings. The van der Waals surface area contributed by atoms with Crippen molar-refractivity contribution in [1.82, 2.24) is 0 Å². The number of ether oxygens (including phenoxy) is 2. The van der Waals surface area contributed by atoms with Gasteiger partial charge in [0.15, 0.2) is 0 Å². The van der Waals surface area contributed by atoms with Crippen LogP contribution in [0.5, 0.6) is 5.75 Å². The highest BCUT2D eigenvalue weighted by molar-refractivity contribution is 5.71. The molecule has 4 rings (SSSR count). The molecule has 1 saturated heterocycles. The Morgan fingerprint density at radius 2 is 1.84 bits per heavy atom. The Morgan fingerprint density at radius 1 is 1.16 bits per heavy atom. The molecule has 4 nitrogen and oxygen atoms in total. The molecule has 5 heteroatoms. The van der Waals surface area contributed by atoms with Crippen LogP contribution in [0.2, 0.25) is 0 Å². The molecular weight excluding hydrogens is 407 g/mol. The van der Waals surface area contributed by atoms with Crippen molar-refractivity contribution in [3.63, 3.8) is 0 Å². The average molecular weight is 441 g/mol. The molecule has 0 amide bonds. The highest BCUT2D eigenvalue weighted by Crippen LogP contribution is 2.53. The van der Waals surface area contributed by atoms with Crippen molar-refractivity contribution in [2.75, 3.05) is 0 Å². The van der Waals surface area contributed by atoms with Crippen LogP contribution in [0.15, 0.2) is 42.5 Å². The van der Waals surface area contributed by atoms with Gasteiger partial charge in [-0.05, 0) is 73.9 Å². The molecule has 2 aliphatic rings. The van der Waals surface area contributed by atoms with Crippen LogP contribution in [0.1, 0.15) is 70.3 Å². The summed E-state index contributed by atoms with van der Waals surface area (Å²) >= 11 is 0. The fraction of sp³-hybridized carbons (Fsp3) is 0.519. The van der Waals surface area contributed by atoms with Gasteiger partial charge in [-0.25, -0.2) is 4.39 Å². The number of rotatable bonds is 4. The minimum absolute atomic E-state index is 0.0161. The third kappa shape index (κ3) is 4.40. The Balaban J connectivity index is 1.65. The molecule has 0 bridgehead atoms. The lowest BCUT2D eigenvalue weighted by atomic mass is 9.70. The van der Waals surface area contributed by atoms with Crippen LogP contribution in [0.4, 0.5) is 4.39 Å². The summed E-state index contributed by atoms with van der Waals surface area (Å²) in [7, 11) is 0. The van der Waals surface area contributed by atoms with E-state index < -0.39 is 23.6 Å². The molecular formula is C27H33FO4. The predicted octanol–water partition coefficient (Wildman–Crippen LogP) is 6.07. The first-order valence-corrected chi connectivity index (χ1v) is 11.4. The third-order valence-electron chi connectivity index (χ3n) is 7.04. The van der Waals surface area contributed by atoms with Gasteiger partial charge in [-0.15, -0.1) is 0 Å². The monoisotopic (exact) mass is 440 g/mol. The summed E-state index contributed by atoms with van der Waals surface area (Å²) in [4.78, 5) is 12.2. The number of aliphatic carboxylic acids is 1. The smallest absolute Gasteiger partial charge is 0.309 e. The van der Waals surface area contributed by atoms with Gasteiger partial charge in [-0.3, -0.25) is 4.79 Å². The Hall–Kier alpha value is -2.40. The zero-order valence-electron chi connectivity index (χ0n) is 19.5. The van der Waals surface area contributed by atoms with Gasteiger partial charge in [-0.1, -0.05) is 39.0 Å². The van der Waals surface area contributed by atoms with E-state index in [9.17, 15) is 14.3 Å². The third-order valence-corrected chi connectivity index (χ3v) is 7.04. The standard InChI is InChI=1S/C27H33FO4/c1-26(2,3)17-9-13-23-19(14-17)24-21(27(4,5)32-23)15-20(25(29)30)22(31-24)12-8-16-6-10-18(28)11-7-16/h6-7,9-11,13-14,20-22,24H,8,12,15H2,1-5H3,(H,29,30)/t20-,21-,22-,24+/m0/s1. The largest absolute Gasteiger partial charge is 0.487 e. The molecule has 0 unspecified atom stereocenters. The van der Waals surface area contributed by atoms with Gasteiger partial charge in [0.25, 0.3) is 0 Å². The number of hydrogen-bond acceptors (Lipinski definition) is 3. The number of carboxylic acids is 1. The second-order valence-electron chi connectivity index (χ2n) is 10.8. The molecule has 0 radical (unpaired) electrons. The first-order chi connectivity index (χ1) is 15.0. The summed E-state index contributed by atoms with van der Waals surface area (Å²) in [6, 6.07) is 12.7.